The number of rotatable bonds is 4. The first-order valence-corrected chi connectivity index (χ1v) is 11.7. The molecule has 2 fully saturated rings. The van der Waals surface area contributed by atoms with E-state index in [4.69, 9.17) is 14.7 Å². The van der Waals surface area contributed by atoms with Gasteiger partial charge in [-0.2, -0.15) is 5.10 Å². The van der Waals surface area contributed by atoms with E-state index >= 15 is 0 Å². The monoisotopic (exact) mass is 435 g/mol. The van der Waals surface area contributed by atoms with E-state index in [2.05, 4.69) is 37.4 Å². The summed E-state index contributed by atoms with van der Waals surface area (Å²) >= 11 is 1.83. The van der Waals surface area contributed by atoms with E-state index in [9.17, 15) is 0 Å². The van der Waals surface area contributed by atoms with Crippen LogP contribution in [0.25, 0.3) is 32.5 Å². The van der Waals surface area contributed by atoms with Crippen molar-refractivity contribution in [3.8, 4) is 11.4 Å². The molecule has 2 N–H and O–H groups in total. The Kier molecular flexibility index (Phi) is 5.03. The van der Waals surface area contributed by atoms with Crippen molar-refractivity contribution in [2.24, 2.45) is 0 Å². The Hall–Kier alpha value is -2.59. The third kappa shape index (κ3) is 3.67. The molecule has 2 aliphatic rings. The highest BCUT2D eigenvalue weighted by molar-refractivity contribution is 7.19. The van der Waals surface area contributed by atoms with Crippen molar-refractivity contribution < 1.29 is 4.74 Å². The van der Waals surface area contributed by atoms with E-state index < -0.39 is 0 Å². The number of nitrogens with one attached hydrogen (secondary N) is 2. The largest absolute Gasteiger partial charge is 0.378 e. The highest BCUT2D eigenvalue weighted by Gasteiger charge is 2.22. The van der Waals surface area contributed by atoms with Crippen molar-refractivity contribution in [2.75, 3.05) is 57.4 Å². The minimum Gasteiger partial charge on any atom is -0.378 e. The van der Waals surface area contributed by atoms with Crippen LogP contribution in [0.2, 0.25) is 0 Å². The third-order valence-electron chi connectivity index (χ3n) is 6.03. The number of morpholine rings is 1. The first-order chi connectivity index (χ1) is 15.3. The molecule has 6 rings (SSSR count). The van der Waals surface area contributed by atoms with Crippen LogP contribution >= 0.6 is 11.3 Å². The summed E-state index contributed by atoms with van der Waals surface area (Å²) in [7, 11) is 0. The van der Waals surface area contributed by atoms with Gasteiger partial charge in [0.05, 0.1) is 35.1 Å². The summed E-state index contributed by atoms with van der Waals surface area (Å²) in [6.07, 6.45) is 1.86. The van der Waals surface area contributed by atoms with E-state index in [1.807, 2.05) is 29.7 Å². The molecule has 5 heterocycles. The van der Waals surface area contributed by atoms with Crippen LogP contribution in [0.4, 0.5) is 5.82 Å². The lowest BCUT2D eigenvalue weighted by atomic mass is 10.1. The molecule has 31 heavy (non-hydrogen) atoms. The number of hydrogen-bond acceptors (Lipinski definition) is 8. The van der Waals surface area contributed by atoms with Gasteiger partial charge in [0.2, 0.25) is 0 Å². The first kappa shape index (κ1) is 19.1. The Morgan fingerprint density at radius 1 is 1.06 bits per heavy atom. The van der Waals surface area contributed by atoms with E-state index in [0.717, 1.165) is 92.7 Å². The van der Waals surface area contributed by atoms with Gasteiger partial charge < -0.3 is 15.0 Å². The molecule has 2 saturated heterocycles. The van der Waals surface area contributed by atoms with Crippen LogP contribution in [0.1, 0.15) is 4.88 Å². The summed E-state index contributed by atoms with van der Waals surface area (Å²) < 4.78 is 6.77. The standard InChI is InChI=1S/C22H25N7OS/c1-2-16(17-13-24-27-18(17)3-1)21-25-19-12-15(14-28-6-4-23-5-7-28)31-20(19)22(26-21)29-8-10-30-11-9-29/h1-3,12-13,23H,4-11,14H2,(H,24,27). The second kappa shape index (κ2) is 8.16. The van der Waals surface area contributed by atoms with Gasteiger partial charge in [0.1, 0.15) is 0 Å². The number of piperazine rings is 1. The number of aromatic nitrogens is 4. The summed E-state index contributed by atoms with van der Waals surface area (Å²) in [5.74, 6) is 1.79. The Morgan fingerprint density at radius 3 is 2.81 bits per heavy atom. The zero-order valence-corrected chi connectivity index (χ0v) is 18.1. The molecule has 0 radical (unpaired) electrons. The van der Waals surface area contributed by atoms with Gasteiger partial charge in [0, 0.05) is 61.6 Å². The summed E-state index contributed by atoms with van der Waals surface area (Å²) in [5, 5.41) is 11.7. The van der Waals surface area contributed by atoms with Gasteiger partial charge in [-0.05, 0) is 12.1 Å². The van der Waals surface area contributed by atoms with Crippen LogP contribution in [-0.2, 0) is 11.3 Å². The van der Waals surface area contributed by atoms with Crippen molar-refractivity contribution in [3.63, 3.8) is 0 Å². The van der Waals surface area contributed by atoms with Crippen LogP contribution < -0.4 is 10.2 Å². The van der Waals surface area contributed by atoms with Crippen molar-refractivity contribution in [3.05, 3.63) is 35.3 Å². The number of hydrogen-bond donors (Lipinski definition) is 2. The number of aromatic amines is 1. The average molecular weight is 436 g/mol. The first-order valence-electron chi connectivity index (χ1n) is 10.8. The fourth-order valence-corrected chi connectivity index (χ4v) is 5.56. The minimum absolute atomic E-state index is 0.733. The topological polar surface area (TPSA) is 82.2 Å². The van der Waals surface area contributed by atoms with Gasteiger partial charge in [0.25, 0.3) is 0 Å². The molecule has 0 aliphatic carbocycles. The lowest BCUT2D eigenvalue weighted by Gasteiger charge is -2.28. The second-order valence-electron chi connectivity index (χ2n) is 8.06. The Morgan fingerprint density at radius 2 is 1.94 bits per heavy atom. The fraction of sp³-hybridized carbons (Fsp3) is 0.409. The molecule has 8 nitrogen and oxygen atoms in total. The predicted molar refractivity (Wildman–Crippen MR) is 124 cm³/mol. The SMILES string of the molecule is c1cc(-c2nc(N3CCOCC3)c3sc(CN4CCNCC4)cc3n2)c2cn[nH]c2c1. The van der Waals surface area contributed by atoms with Crippen LogP contribution in [0.3, 0.4) is 0 Å². The lowest BCUT2D eigenvalue weighted by Crippen LogP contribution is -2.42. The number of fused-ring (bicyclic) bond motifs is 2. The highest BCUT2D eigenvalue weighted by Crippen LogP contribution is 2.36. The van der Waals surface area contributed by atoms with Gasteiger partial charge in [-0.15, -0.1) is 11.3 Å². The Bertz CT molecular complexity index is 1210. The third-order valence-corrected chi connectivity index (χ3v) is 7.14. The Balaban J connectivity index is 1.46. The molecule has 9 heteroatoms. The predicted octanol–water partition coefficient (Wildman–Crippen LogP) is 2.48. The molecule has 0 amide bonds. The van der Waals surface area contributed by atoms with E-state index in [0.29, 0.717) is 0 Å². The maximum Gasteiger partial charge on any atom is 0.162 e. The number of H-pyrrole nitrogens is 1. The summed E-state index contributed by atoms with van der Waals surface area (Å²) in [6, 6.07) is 8.40. The normalized spacial score (nSPS) is 18.3. The van der Waals surface area contributed by atoms with E-state index in [1.165, 1.54) is 9.58 Å². The maximum atomic E-state index is 5.59. The van der Waals surface area contributed by atoms with Crippen LogP contribution in [0.5, 0.6) is 0 Å². The molecule has 0 spiro atoms. The maximum absolute atomic E-state index is 5.59. The van der Waals surface area contributed by atoms with E-state index in [1.54, 1.807) is 0 Å². The minimum atomic E-state index is 0.733. The quantitative estimate of drug-likeness (QED) is 0.510. The number of ether oxygens (including phenoxy) is 1. The Labute approximate surface area is 184 Å². The molecule has 0 atom stereocenters. The second-order valence-corrected chi connectivity index (χ2v) is 9.20. The molecule has 3 aromatic heterocycles. The van der Waals surface area contributed by atoms with Crippen LogP contribution in [0, 0.1) is 0 Å². The smallest absolute Gasteiger partial charge is 0.162 e. The molecule has 0 bridgehead atoms. The fourth-order valence-electron chi connectivity index (χ4n) is 4.40. The zero-order valence-electron chi connectivity index (χ0n) is 17.3. The number of thiophene rings is 1. The van der Waals surface area contributed by atoms with Crippen molar-refractivity contribution in [2.45, 2.75) is 6.54 Å². The molecule has 4 aromatic rings. The number of nitrogens with zero attached hydrogens (tertiary/aromatic N) is 5. The van der Waals surface area contributed by atoms with Crippen LogP contribution in [0.15, 0.2) is 30.5 Å². The lowest BCUT2D eigenvalue weighted by molar-refractivity contribution is 0.122. The molecular formula is C22H25N7OS. The van der Waals surface area contributed by atoms with Crippen molar-refractivity contribution in [1.82, 2.24) is 30.4 Å². The molecule has 2 aliphatic heterocycles. The van der Waals surface area contributed by atoms with Gasteiger partial charge >= 0.3 is 0 Å². The van der Waals surface area contributed by atoms with Gasteiger partial charge in [-0.1, -0.05) is 12.1 Å². The van der Waals surface area contributed by atoms with Gasteiger partial charge in [-0.3, -0.25) is 10.00 Å². The summed E-state index contributed by atoms with van der Waals surface area (Å²) in [5.41, 5.74) is 3.04. The number of anilines is 1. The van der Waals surface area contributed by atoms with Gasteiger partial charge in [-0.25, -0.2) is 9.97 Å². The number of benzene rings is 1. The van der Waals surface area contributed by atoms with Gasteiger partial charge in [0.15, 0.2) is 11.6 Å². The zero-order chi connectivity index (χ0) is 20.6. The van der Waals surface area contributed by atoms with Crippen molar-refractivity contribution >= 4 is 38.3 Å². The molecule has 160 valence electrons. The molecule has 0 saturated carbocycles. The molecule has 1 aromatic carbocycles. The van der Waals surface area contributed by atoms with E-state index in [-0.39, 0.29) is 0 Å². The van der Waals surface area contributed by atoms with Crippen molar-refractivity contribution in [1.29, 1.82) is 0 Å². The molecular weight excluding hydrogens is 410 g/mol. The average Bonchev–Trinajstić information content (AvgIpc) is 3.46. The summed E-state index contributed by atoms with van der Waals surface area (Å²) in [6.45, 7) is 8.43. The summed E-state index contributed by atoms with van der Waals surface area (Å²) in [4.78, 5) is 16.3. The highest BCUT2D eigenvalue weighted by atomic mass is 32.1. The van der Waals surface area contributed by atoms with Crippen LogP contribution in [-0.4, -0.2) is 77.5 Å². The molecule has 0 unspecified atom stereocenters.